The molecular formula is C10H8F3NO. The summed E-state index contributed by atoms with van der Waals surface area (Å²) in [6.45, 7) is 3.17. The van der Waals surface area contributed by atoms with E-state index in [0.717, 1.165) is 0 Å². The predicted octanol–water partition coefficient (Wildman–Crippen LogP) is 2.76. The minimum atomic E-state index is -1.40. The Hall–Kier alpha value is -1.70. The standard InChI is InChI=1S/C10H8F3NO/c1-5(2)15-10-6(4-14)9(13)7(11)3-8(10)12/h3,5H,1-2H3. The van der Waals surface area contributed by atoms with E-state index in [4.69, 9.17) is 10.00 Å². The van der Waals surface area contributed by atoms with E-state index < -0.39 is 34.9 Å². The van der Waals surface area contributed by atoms with Crippen molar-refractivity contribution in [1.82, 2.24) is 0 Å². The van der Waals surface area contributed by atoms with Crippen molar-refractivity contribution in [3.63, 3.8) is 0 Å². The Morgan fingerprint density at radius 2 is 1.87 bits per heavy atom. The summed E-state index contributed by atoms with van der Waals surface area (Å²) in [5, 5.41) is 8.56. The van der Waals surface area contributed by atoms with Crippen LogP contribution in [0.25, 0.3) is 0 Å². The molecule has 0 bridgehead atoms. The van der Waals surface area contributed by atoms with E-state index in [0.29, 0.717) is 6.07 Å². The van der Waals surface area contributed by atoms with Crippen LogP contribution in [0.5, 0.6) is 5.75 Å². The van der Waals surface area contributed by atoms with Crippen molar-refractivity contribution in [3.05, 3.63) is 29.1 Å². The Labute approximate surface area is 84.9 Å². The number of halogens is 3. The average molecular weight is 215 g/mol. The Morgan fingerprint density at radius 1 is 1.27 bits per heavy atom. The van der Waals surface area contributed by atoms with Crippen LogP contribution < -0.4 is 4.74 Å². The SMILES string of the molecule is CC(C)Oc1c(F)cc(F)c(F)c1C#N. The second kappa shape index (κ2) is 4.22. The van der Waals surface area contributed by atoms with Gasteiger partial charge in [0.25, 0.3) is 0 Å². The van der Waals surface area contributed by atoms with E-state index in [1.54, 1.807) is 13.8 Å². The van der Waals surface area contributed by atoms with Crippen molar-refractivity contribution in [2.24, 2.45) is 0 Å². The number of ether oxygens (including phenoxy) is 1. The minimum absolute atomic E-state index is 0.355. The molecule has 0 aromatic heterocycles. The van der Waals surface area contributed by atoms with Gasteiger partial charge in [-0.05, 0) is 13.8 Å². The van der Waals surface area contributed by atoms with Gasteiger partial charge in [0.2, 0.25) is 0 Å². The monoisotopic (exact) mass is 215 g/mol. The first-order chi connectivity index (χ1) is 6.97. The Bertz CT molecular complexity index is 424. The van der Waals surface area contributed by atoms with E-state index in [1.807, 2.05) is 0 Å². The molecule has 0 spiro atoms. The summed E-state index contributed by atoms with van der Waals surface area (Å²) in [5.41, 5.74) is -0.749. The third-order valence-electron chi connectivity index (χ3n) is 1.59. The maximum absolute atomic E-state index is 13.2. The van der Waals surface area contributed by atoms with Crippen molar-refractivity contribution >= 4 is 0 Å². The van der Waals surface area contributed by atoms with Gasteiger partial charge in [-0.2, -0.15) is 5.26 Å². The molecule has 0 saturated heterocycles. The molecule has 0 fully saturated rings. The van der Waals surface area contributed by atoms with Crippen molar-refractivity contribution < 1.29 is 17.9 Å². The van der Waals surface area contributed by atoms with Crippen LogP contribution in [0.4, 0.5) is 13.2 Å². The summed E-state index contributed by atoms with van der Waals surface area (Å²) in [5.74, 6) is -4.43. The molecule has 0 N–H and O–H groups in total. The van der Waals surface area contributed by atoms with Crippen LogP contribution in [0.15, 0.2) is 6.07 Å². The topological polar surface area (TPSA) is 33.0 Å². The summed E-state index contributed by atoms with van der Waals surface area (Å²) < 4.78 is 43.8. The zero-order chi connectivity index (χ0) is 11.6. The summed E-state index contributed by atoms with van der Waals surface area (Å²) in [4.78, 5) is 0. The lowest BCUT2D eigenvalue weighted by Crippen LogP contribution is -2.10. The first kappa shape index (κ1) is 11.4. The van der Waals surface area contributed by atoms with E-state index in [1.165, 1.54) is 6.07 Å². The predicted molar refractivity (Wildman–Crippen MR) is 46.8 cm³/mol. The molecule has 15 heavy (non-hydrogen) atoms. The molecule has 0 radical (unpaired) electrons. The normalized spacial score (nSPS) is 10.2. The third kappa shape index (κ3) is 2.21. The van der Waals surface area contributed by atoms with E-state index >= 15 is 0 Å². The molecule has 1 rings (SSSR count). The van der Waals surface area contributed by atoms with Crippen LogP contribution in [0.1, 0.15) is 19.4 Å². The van der Waals surface area contributed by atoms with Crippen LogP contribution in [0.2, 0.25) is 0 Å². The van der Waals surface area contributed by atoms with Crippen molar-refractivity contribution in [2.75, 3.05) is 0 Å². The smallest absolute Gasteiger partial charge is 0.180 e. The number of hydrogen-bond acceptors (Lipinski definition) is 2. The van der Waals surface area contributed by atoms with Gasteiger partial charge in [-0.25, -0.2) is 13.2 Å². The van der Waals surface area contributed by atoms with E-state index in [9.17, 15) is 13.2 Å². The molecule has 1 aromatic carbocycles. The lowest BCUT2D eigenvalue weighted by atomic mass is 10.2. The van der Waals surface area contributed by atoms with Crippen molar-refractivity contribution in [2.45, 2.75) is 20.0 Å². The maximum atomic E-state index is 13.2. The van der Waals surface area contributed by atoms with Crippen LogP contribution in [-0.4, -0.2) is 6.10 Å². The first-order valence-electron chi connectivity index (χ1n) is 4.21. The number of nitriles is 1. The number of rotatable bonds is 2. The maximum Gasteiger partial charge on any atom is 0.180 e. The van der Waals surface area contributed by atoms with Gasteiger partial charge in [-0.1, -0.05) is 0 Å². The molecule has 0 saturated carbocycles. The molecule has 0 heterocycles. The third-order valence-corrected chi connectivity index (χ3v) is 1.59. The van der Waals surface area contributed by atoms with Gasteiger partial charge in [-0.15, -0.1) is 0 Å². The van der Waals surface area contributed by atoms with Crippen LogP contribution in [-0.2, 0) is 0 Å². The second-order valence-electron chi connectivity index (χ2n) is 3.14. The highest BCUT2D eigenvalue weighted by Crippen LogP contribution is 2.27. The lowest BCUT2D eigenvalue weighted by Gasteiger charge is -2.12. The molecule has 0 atom stereocenters. The summed E-state index contributed by atoms with van der Waals surface area (Å²) in [6.07, 6.45) is -0.434. The fourth-order valence-electron chi connectivity index (χ4n) is 1.03. The van der Waals surface area contributed by atoms with Gasteiger partial charge >= 0.3 is 0 Å². The molecule has 0 aliphatic rings. The zero-order valence-electron chi connectivity index (χ0n) is 8.14. The molecule has 0 aliphatic heterocycles. The molecule has 0 unspecified atom stereocenters. The molecular weight excluding hydrogens is 207 g/mol. The highest BCUT2D eigenvalue weighted by molar-refractivity contribution is 5.45. The molecule has 0 aliphatic carbocycles. The van der Waals surface area contributed by atoms with Gasteiger partial charge in [0, 0.05) is 6.07 Å². The minimum Gasteiger partial charge on any atom is -0.486 e. The number of benzene rings is 1. The lowest BCUT2D eigenvalue weighted by molar-refractivity contribution is 0.228. The van der Waals surface area contributed by atoms with Gasteiger partial charge < -0.3 is 4.74 Å². The Balaban J connectivity index is 3.37. The van der Waals surface area contributed by atoms with Crippen molar-refractivity contribution in [3.8, 4) is 11.8 Å². The first-order valence-corrected chi connectivity index (χ1v) is 4.21. The molecule has 0 amide bonds. The highest BCUT2D eigenvalue weighted by Gasteiger charge is 2.20. The zero-order valence-corrected chi connectivity index (χ0v) is 8.14. The molecule has 1 aromatic rings. The highest BCUT2D eigenvalue weighted by atomic mass is 19.2. The fraction of sp³-hybridized carbons (Fsp3) is 0.300. The second-order valence-corrected chi connectivity index (χ2v) is 3.14. The Kier molecular flexibility index (Phi) is 3.20. The van der Waals surface area contributed by atoms with Crippen LogP contribution in [0.3, 0.4) is 0 Å². The molecule has 80 valence electrons. The van der Waals surface area contributed by atoms with Crippen LogP contribution in [0, 0.1) is 28.8 Å². The summed E-state index contributed by atoms with van der Waals surface area (Å²) in [6, 6.07) is 1.73. The largest absolute Gasteiger partial charge is 0.486 e. The molecule has 2 nitrogen and oxygen atoms in total. The molecule has 5 heteroatoms. The van der Waals surface area contributed by atoms with Gasteiger partial charge in [0.15, 0.2) is 23.2 Å². The quantitative estimate of drug-likeness (QED) is 0.710. The van der Waals surface area contributed by atoms with Crippen LogP contribution >= 0.6 is 0 Å². The fourth-order valence-corrected chi connectivity index (χ4v) is 1.03. The van der Waals surface area contributed by atoms with Crippen molar-refractivity contribution in [1.29, 1.82) is 5.26 Å². The summed E-state index contributed by atoms with van der Waals surface area (Å²) in [7, 11) is 0. The average Bonchev–Trinajstić information content (AvgIpc) is 2.14. The Morgan fingerprint density at radius 3 is 2.33 bits per heavy atom. The summed E-state index contributed by atoms with van der Waals surface area (Å²) >= 11 is 0. The van der Waals surface area contributed by atoms with Gasteiger partial charge in [-0.3, -0.25) is 0 Å². The number of hydrogen-bond donors (Lipinski definition) is 0. The van der Waals surface area contributed by atoms with Gasteiger partial charge in [0.05, 0.1) is 6.10 Å². The van der Waals surface area contributed by atoms with Gasteiger partial charge in [0.1, 0.15) is 11.6 Å². The number of nitrogens with zero attached hydrogens (tertiary/aromatic N) is 1. The van der Waals surface area contributed by atoms with E-state index in [2.05, 4.69) is 0 Å². The van der Waals surface area contributed by atoms with E-state index in [-0.39, 0.29) is 0 Å².